The van der Waals surface area contributed by atoms with Crippen LogP contribution in [0.1, 0.15) is 44.8 Å². The number of benzene rings is 2. The van der Waals surface area contributed by atoms with Gasteiger partial charge in [-0.15, -0.1) is 0 Å². The first-order valence-corrected chi connectivity index (χ1v) is 9.18. The van der Waals surface area contributed by atoms with E-state index in [0.717, 1.165) is 45.4 Å². The van der Waals surface area contributed by atoms with Crippen LogP contribution in [0.3, 0.4) is 0 Å². The van der Waals surface area contributed by atoms with Gasteiger partial charge in [-0.05, 0) is 63.1 Å². The minimum Gasteiger partial charge on any atom is -0.315 e. The Labute approximate surface area is 162 Å². The van der Waals surface area contributed by atoms with Crippen molar-refractivity contribution in [2.24, 2.45) is 4.99 Å². The molecule has 4 rings (SSSR count). The van der Waals surface area contributed by atoms with Gasteiger partial charge >= 0.3 is 6.18 Å². The number of aryl methyl sites for hydroxylation is 4. The van der Waals surface area contributed by atoms with Gasteiger partial charge in [-0.25, -0.2) is 0 Å². The molecule has 2 nitrogen and oxygen atoms in total. The minimum absolute atomic E-state index is 0.429. The molecule has 2 aromatic carbocycles. The number of nitrogens with zero attached hydrogens (tertiary/aromatic N) is 2. The summed E-state index contributed by atoms with van der Waals surface area (Å²) in [5, 5.41) is 0. The molecule has 0 fully saturated rings. The maximum atomic E-state index is 13.5. The highest BCUT2D eigenvalue weighted by atomic mass is 19.4. The zero-order valence-corrected chi connectivity index (χ0v) is 16.3. The molecule has 144 valence electrons. The normalized spacial score (nSPS) is 13.6. The maximum Gasteiger partial charge on any atom is 0.416 e. The number of aromatic nitrogens is 1. The highest BCUT2D eigenvalue weighted by Gasteiger charge is 2.33. The van der Waals surface area contributed by atoms with Crippen molar-refractivity contribution in [1.29, 1.82) is 0 Å². The monoisotopic (exact) mass is 382 g/mol. The van der Waals surface area contributed by atoms with Crippen LogP contribution in [0, 0.1) is 27.7 Å². The van der Waals surface area contributed by atoms with Crippen molar-refractivity contribution in [3.63, 3.8) is 0 Å². The average molecular weight is 382 g/mol. The van der Waals surface area contributed by atoms with E-state index in [-0.39, 0.29) is 0 Å². The van der Waals surface area contributed by atoms with Crippen LogP contribution in [0.4, 0.5) is 13.2 Å². The molecule has 28 heavy (non-hydrogen) atoms. The summed E-state index contributed by atoms with van der Waals surface area (Å²) in [7, 11) is 0. The summed E-state index contributed by atoms with van der Waals surface area (Å²) < 4.78 is 42.4. The second-order valence-corrected chi connectivity index (χ2v) is 7.46. The van der Waals surface area contributed by atoms with Gasteiger partial charge in [-0.2, -0.15) is 13.2 Å². The molecule has 0 atom stereocenters. The molecule has 0 spiro atoms. The quantitative estimate of drug-likeness (QED) is 0.485. The molecule has 0 aliphatic carbocycles. The van der Waals surface area contributed by atoms with Crippen molar-refractivity contribution in [2.45, 2.75) is 40.4 Å². The molecule has 0 radical (unpaired) electrons. The van der Waals surface area contributed by atoms with Gasteiger partial charge in [0, 0.05) is 22.5 Å². The molecular formula is C23H21F3N2. The van der Waals surface area contributed by atoms with Crippen molar-refractivity contribution in [3.05, 3.63) is 87.2 Å². The van der Waals surface area contributed by atoms with Gasteiger partial charge in [0.1, 0.15) is 0 Å². The lowest BCUT2D eigenvalue weighted by Gasteiger charge is -2.17. The smallest absolute Gasteiger partial charge is 0.315 e. The van der Waals surface area contributed by atoms with E-state index in [2.05, 4.69) is 6.07 Å². The highest BCUT2D eigenvalue weighted by Crippen LogP contribution is 2.35. The summed E-state index contributed by atoms with van der Waals surface area (Å²) in [4.78, 5) is 4.79. The molecule has 0 unspecified atom stereocenters. The minimum atomic E-state index is -4.40. The lowest BCUT2D eigenvalue weighted by molar-refractivity contribution is -0.137. The first-order chi connectivity index (χ1) is 13.2. The van der Waals surface area contributed by atoms with E-state index >= 15 is 0 Å². The Kier molecular flexibility index (Phi) is 4.21. The fraction of sp³-hybridized carbons (Fsp3) is 0.261. The first-order valence-electron chi connectivity index (χ1n) is 9.18. The van der Waals surface area contributed by atoms with Gasteiger partial charge in [-0.3, -0.25) is 4.99 Å². The Morgan fingerprint density at radius 2 is 1.61 bits per heavy atom. The number of fused-ring (bicyclic) bond motifs is 3. The second-order valence-electron chi connectivity index (χ2n) is 7.46. The van der Waals surface area contributed by atoms with Crippen molar-refractivity contribution in [2.75, 3.05) is 0 Å². The van der Waals surface area contributed by atoms with Gasteiger partial charge < -0.3 is 4.57 Å². The Balaban J connectivity index is 2.04. The van der Waals surface area contributed by atoms with Crippen LogP contribution in [0.15, 0.2) is 47.5 Å². The largest absolute Gasteiger partial charge is 0.416 e. The van der Waals surface area contributed by atoms with Crippen molar-refractivity contribution in [1.82, 2.24) is 4.57 Å². The van der Waals surface area contributed by atoms with Crippen molar-refractivity contribution in [3.8, 4) is 5.69 Å². The van der Waals surface area contributed by atoms with E-state index in [1.54, 1.807) is 6.07 Å². The lowest BCUT2D eigenvalue weighted by Crippen LogP contribution is -2.13. The summed E-state index contributed by atoms with van der Waals surface area (Å²) in [6, 6.07) is 12.0. The van der Waals surface area contributed by atoms with Crippen molar-refractivity contribution >= 4 is 5.71 Å². The maximum absolute atomic E-state index is 13.5. The molecule has 5 heteroatoms. The Morgan fingerprint density at radius 1 is 0.857 bits per heavy atom. The standard InChI is InChI=1S/C23H21F3N2/c1-13-5-7-18(14(2)9-13)22-19-11-17(23(24,25)26)6-8-20(19)28-16(4)10-15(3)21(28)12-27-22/h5-11H,12H2,1-4H3. The van der Waals surface area contributed by atoms with Crippen LogP contribution in [-0.4, -0.2) is 10.3 Å². The first kappa shape index (κ1) is 18.5. The van der Waals surface area contributed by atoms with Gasteiger partial charge in [0.25, 0.3) is 0 Å². The number of aliphatic imine (C=N–C) groups is 1. The van der Waals surface area contributed by atoms with Crippen LogP contribution in [0.25, 0.3) is 5.69 Å². The zero-order chi connectivity index (χ0) is 20.2. The summed E-state index contributed by atoms with van der Waals surface area (Å²) in [5.74, 6) is 0. The molecule has 0 saturated carbocycles. The molecule has 2 heterocycles. The summed E-state index contributed by atoms with van der Waals surface area (Å²) in [6.07, 6.45) is -4.40. The number of rotatable bonds is 1. The van der Waals surface area contributed by atoms with E-state index in [4.69, 9.17) is 4.99 Å². The van der Waals surface area contributed by atoms with Gasteiger partial charge in [0.05, 0.1) is 23.5 Å². The van der Waals surface area contributed by atoms with Crippen molar-refractivity contribution < 1.29 is 13.2 Å². The summed E-state index contributed by atoms with van der Waals surface area (Å²) in [5.41, 5.74) is 7.28. The topological polar surface area (TPSA) is 17.3 Å². The SMILES string of the molecule is Cc1ccc(C2=NCc3c(C)cc(C)n3-c3ccc(C(F)(F)F)cc32)c(C)c1. The van der Waals surface area contributed by atoms with Crippen LogP contribution in [0.2, 0.25) is 0 Å². The predicted octanol–water partition coefficient (Wildman–Crippen LogP) is 6.08. The predicted molar refractivity (Wildman–Crippen MR) is 106 cm³/mol. The third-order valence-corrected chi connectivity index (χ3v) is 5.35. The van der Waals surface area contributed by atoms with Gasteiger partial charge in [0.2, 0.25) is 0 Å². The molecule has 1 aliphatic heterocycles. The number of halogens is 3. The fourth-order valence-corrected chi connectivity index (χ4v) is 4.03. The molecule has 0 bridgehead atoms. The zero-order valence-electron chi connectivity index (χ0n) is 16.3. The summed E-state index contributed by atoms with van der Waals surface area (Å²) in [6.45, 7) is 8.39. The van der Waals surface area contributed by atoms with Gasteiger partial charge in [-0.1, -0.05) is 23.8 Å². The van der Waals surface area contributed by atoms with E-state index < -0.39 is 11.7 Å². The Hall–Kier alpha value is -2.82. The average Bonchev–Trinajstić information content (AvgIpc) is 2.79. The van der Waals surface area contributed by atoms with E-state index in [1.165, 1.54) is 6.07 Å². The van der Waals surface area contributed by atoms with E-state index in [0.29, 0.717) is 17.8 Å². The van der Waals surface area contributed by atoms with Crippen LogP contribution >= 0.6 is 0 Å². The van der Waals surface area contributed by atoms with Crippen LogP contribution in [-0.2, 0) is 12.7 Å². The molecule has 0 saturated heterocycles. The molecule has 3 aromatic rings. The molecule has 0 N–H and O–H groups in total. The number of hydrogen-bond donors (Lipinski definition) is 0. The Morgan fingerprint density at radius 3 is 2.29 bits per heavy atom. The van der Waals surface area contributed by atoms with Crippen LogP contribution in [0.5, 0.6) is 0 Å². The Bertz CT molecular complexity index is 1120. The molecular weight excluding hydrogens is 361 g/mol. The second kappa shape index (κ2) is 6.36. The third kappa shape index (κ3) is 2.95. The lowest BCUT2D eigenvalue weighted by atomic mass is 9.94. The molecule has 1 aliphatic rings. The van der Waals surface area contributed by atoms with E-state index in [9.17, 15) is 13.2 Å². The number of alkyl halides is 3. The molecule has 1 aromatic heterocycles. The third-order valence-electron chi connectivity index (χ3n) is 5.35. The highest BCUT2D eigenvalue weighted by molar-refractivity contribution is 6.16. The molecule has 0 amide bonds. The number of hydrogen-bond acceptors (Lipinski definition) is 1. The van der Waals surface area contributed by atoms with E-state index in [1.807, 2.05) is 50.5 Å². The van der Waals surface area contributed by atoms with Gasteiger partial charge in [0.15, 0.2) is 0 Å². The summed E-state index contributed by atoms with van der Waals surface area (Å²) >= 11 is 0. The fourth-order valence-electron chi connectivity index (χ4n) is 4.03. The van der Waals surface area contributed by atoms with Crippen LogP contribution < -0.4 is 0 Å².